The summed E-state index contributed by atoms with van der Waals surface area (Å²) < 4.78 is 6.71. The fraction of sp³-hybridized carbons (Fsp3) is 0.562. The molecule has 0 amide bonds. The Hall–Kier alpha value is -2.31. The van der Waals surface area contributed by atoms with Crippen LogP contribution in [0.3, 0.4) is 0 Å². The fourth-order valence-corrected chi connectivity index (χ4v) is 3.07. The van der Waals surface area contributed by atoms with Gasteiger partial charge in [0.05, 0.1) is 0 Å². The largest absolute Gasteiger partial charge is 0.332 e. The Labute approximate surface area is 133 Å². The van der Waals surface area contributed by atoms with Gasteiger partial charge in [0.15, 0.2) is 11.2 Å². The van der Waals surface area contributed by atoms with Crippen molar-refractivity contribution in [3.63, 3.8) is 0 Å². The number of nitrogens with zero attached hydrogens (tertiary/aromatic N) is 5. The van der Waals surface area contributed by atoms with Crippen LogP contribution in [0.15, 0.2) is 15.8 Å². The van der Waals surface area contributed by atoms with Crippen LogP contribution >= 0.6 is 0 Å². The highest BCUT2D eigenvalue weighted by Gasteiger charge is 2.19. The highest BCUT2D eigenvalue weighted by Crippen LogP contribution is 2.16. The van der Waals surface area contributed by atoms with Gasteiger partial charge in [0, 0.05) is 32.0 Å². The third-order valence-corrected chi connectivity index (χ3v) is 4.32. The molecule has 3 heterocycles. The number of aryl methyl sites for hydroxylation is 3. The van der Waals surface area contributed by atoms with E-state index in [1.807, 2.05) is 24.4 Å². The molecule has 0 fully saturated rings. The number of unbranched alkanes of at least 4 members (excludes halogenated alkanes) is 1. The lowest BCUT2D eigenvalue weighted by Crippen LogP contribution is -2.39. The molecule has 0 aliphatic heterocycles. The first kappa shape index (κ1) is 15.6. The molecule has 3 aromatic rings. The maximum Gasteiger partial charge on any atom is 0.332 e. The van der Waals surface area contributed by atoms with E-state index in [1.165, 1.54) is 9.13 Å². The van der Waals surface area contributed by atoms with Gasteiger partial charge in [0.2, 0.25) is 5.78 Å². The highest BCUT2D eigenvalue weighted by atomic mass is 16.2. The summed E-state index contributed by atoms with van der Waals surface area (Å²) in [4.78, 5) is 29.9. The molecule has 0 radical (unpaired) electrons. The number of aromatic nitrogens is 5. The predicted molar refractivity (Wildman–Crippen MR) is 90.1 cm³/mol. The Morgan fingerprint density at radius 1 is 1.09 bits per heavy atom. The Kier molecular flexibility index (Phi) is 3.87. The molecule has 0 aromatic carbocycles. The Bertz CT molecular complexity index is 986. The summed E-state index contributed by atoms with van der Waals surface area (Å²) >= 11 is 0. The number of hydrogen-bond donors (Lipinski definition) is 0. The number of imidazole rings is 2. The summed E-state index contributed by atoms with van der Waals surface area (Å²) in [6.45, 7) is 7.43. The van der Waals surface area contributed by atoms with Crippen molar-refractivity contribution in [3.05, 3.63) is 32.7 Å². The van der Waals surface area contributed by atoms with Crippen LogP contribution in [0.5, 0.6) is 0 Å². The zero-order valence-electron chi connectivity index (χ0n) is 14.2. The van der Waals surface area contributed by atoms with E-state index in [0.717, 1.165) is 37.3 Å². The lowest BCUT2D eigenvalue weighted by Gasteiger charge is -2.07. The van der Waals surface area contributed by atoms with Crippen molar-refractivity contribution in [3.8, 4) is 0 Å². The Morgan fingerprint density at radius 3 is 2.48 bits per heavy atom. The molecule has 3 aromatic heterocycles. The Morgan fingerprint density at radius 2 is 1.83 bits per heavy atom. The molecule has 23 heavy (non-hydrogen) atoms. The topological polar surface area (TPSA) is 66.2 Å². The van der Waals surface area contributed by atoms with E-state index < -0.39 is 0 Å². The summed E-state index contributed by atoms with van der Waals surface area (Å²) in [6, 6.07) is 0. The summed E-state index contributed by atoms with van der Waals surface area (Å²) in [6.07, 6.45) is 4.64. The SMILES string of the molecule is CCCCn1c(=O)c2c(nc3n(CCC)c(C)cn23)n(C)c1=O. The fourth-order valence-electron chi connectivity index (χ4n) is 3.07. The van der Waals surface area contributed by atoms with Crippen molar-refractivity contribution in [1.29, 1.82) is 0 Å². The quantitative estimate of drug-likeness (QED) is 0.719. The molecular weight excluding hydrogens is 294 g/mol. The molecular formula is C16H23N5O2. The second-order valence-corrected chi connectivity index (χ2v) is 6.03. The molecule has 0 spiro atoms. The zero-order valence-corrected chi connectivity index (χ0v) is 14.2. The van der Waals surface area contributed by atoms with Gasteiger partial charge in [-0.15, -0.1) is 0 Å². The van der Waals surface area contributed by atoms with Gasteiger partial charge in [0.25, 0.3) is 5.56 Å². The van der Waals surface area contributed by atoms with Crippen LogP contribution in [0.4, 0.5) is 0 Å². The van der Waals surface area contributed by atoms with Gasteiger partial charge < -0.3 is 4.57 Å². The minimum absolute atomic E-state index is 0.252. The minimum atomic E-state index is -0.296. The molecule has 0 atom stereocenters. The summed E-state index contributed by atoms with van der Waals surface area (Å²) in [5.74, 6) is 0.722. The molecule has 0 aliphatic carbocycles. The monoisotopic (exact) mass is 317 g/mol. The van der Waals surface area contributed by atoms with E-state index in [4.69, 9.17) is 0 Å². The average Bonchev–Trinajstić information content (AvgIpc) is 3.02. The van der Waals surface area contributed by atoms with Crippen LogP contribution in [-0.2, 0) is 20.1 Å². The zero-order chi connectivity index (χ0) is 16.7. The van der Waals surface area contributed by atoms with Gasteiger partial charge in [-0.05, 0) is 19.8 Å². The smallest absolute Gasteiger partial charge is 0.314 e. The van der Waals surface area contributed by atoms with E-state index in [1.54, 1.807) is 7.05 Å². The third kappa shape index (κ3) is 2.22. The number of rotatable bonds is 5. The van der Waals surface area contributed by atoms with Crippen LogP contribution in [0.25, 0.3) is 16.9 Å². The van der Waals surface area contributed by atoms with Crippen molar-refractivity contribution in [1.82, 2.24) is 23.1 Å². The van der Waals surface area contributed by atoms with Gasteiger partial charge in [-0.2, -0.15) is 4.98 Å². The van der Waals surface area contributed by atoms with E-state index in [9.17, 15) is 9.59 Å². The molecule has 3 rings (SSSR count). The maximum atomic E-state index is 12.8. The van der Waals surface area contributed by atoms with Gasteiger partial charge in [-0.25, -0.2) is 4.79 Å². The average molecular weight is 317 g/mol. The third-order valence-electron chi connectivity index (χ3n) is 4.32. The van der Waals surface area contributed by atoms with Crippen LogP contribution in [0, 0.1) is 6.92 Å². The van der Waals surface area contributed by atoms with Crippen LogP contribution in [-0.4, -0.2) is 23.1 Å². The summed E-state index contributed by atoms with van der Waals surface area (Å²) in [5.41, 5.74) is 1.45. The van der Waals surface area contributed by atoms with Gasteiger partial charge >= 0.3 is 5.69 Å². The molecule has 7 heteroatoms. The van der Waals surface area contributed by atoms with Crippen molar-refractivity contribution in [2.45, 2.75) is 53.1 Å². The van der Waals surface area contributed by atoms with Crippen molar-refractivity contribution in [2.75, 3.05) is 0 Å². The van der Waals surface area contributed by atoms with Crippen LogP contribution in [0.1, 0.15) is 38.8 Å². The van der Waals surface area contributed by atoms with E-state index >= 15 is 0 Å². The van der Waals surface area contributed by atoms with Crippen molar-refractivity contribution >= 4 is 16.9 Å². The lowest BCUT2D eigenvalue weighted by molar-refractivity contribution is 0.566. The van der Waals surface area contributed by atoms with Gasteiger partial charge in [0.1, 0.15) is 0 Å². The van der Waals surface area contributed by atoms with Crippen molar-refractivity contribution in [2.24, 2.45) is 7.05 Å². The number of hydrogen-bond acceptors (Lipinski definition) is 3. The first-order valence-corrected chi connectivity index (χ1v) is 8.19. The van der Waals surface area contributed by atoms with E-state index in [2.05, 4.69) is 16.5 Å². The molecule has 0 saturated heterocycles. The second kappa shape index (κ2) is 5.72. The lowest BCUT2D eigenvalue weighted by atomic mass is 10.3. The molecule has 124 valence electrons. The van der Waals surface area contributed by atoms with Crippen LogP contribution < -0.4 is 11.2 Å². The molecule has 7 nitrogen and oxygen atoms in total. The first-order chi connectivity index (χ1) is 11.0. The standard InChI is InChI=1S/C16H23N5O2/c1-5-7-9-20-14(22)12-13(18(4)16(20)23)17-15-19(8-6-2)11(3)10-21(12)15/h10H,5-9H2,1-4H3. The molecule has 0 bridgehead atoms. The van der Waals surface area contributed by atoms with E-state index in [-0.39, 0.29) is 11.2 Å². The van der Waals surface area contributed by atoms with Crippen LogP contribution in [0.2, 0.25) is 0 Å². The normalized spacial score (nSPS) is 11.8. The van der Waals surface area contributed by atoms with Crippen molar-refractivity contribution < 1.29 is 0 Å². The number of fused-ring (bicyclic) bond motifs is 3. The second-order valence-electron chi connectivity index (χ2n) is 6.03. The first-order valence-electron chi connectivity index (χ1n) is 8.19. The minimum Gasteiger partial charge on any atom is -0.314 e. The van der Waals surface area contributed by atoms with Gasteiger partial charge in [-0.1, -0.05) is 20.3 Å². The summed E-state index contributed by atoms with van der Waals surface area (Å²) in [7, 11) is 1.68. The van der Waals surface area contributed by atoms with Gasteiger partial charge in [-0.3, -0.25) is 18.3 Å². The van der Waals surface area contributed by atoms with E-state index in [0.29, 0.717) is 17.7 Å². The Balaban J connectivity index is 2.40. The molecule has 0 saturated carbocycles. The maximum absolute atomic E-state index is 12.8. The molecule has 0 N–H and O–H groups in total. The molecule has 0 unspecified atom stereocenters. The highest BCUT2D eigenvalue weighted by molar-refractivity contribution is 5.75. The predicted octanol–water partition coefficient (Wildman–Crippen LogP) is 1.67. The molecule has 0 aliphatic rings. The summed E-state index contributed by atoms with van der Waals surface area (Å²) in [5, 5.41) is 0.